The van der Waals surface area contributed by atoms with Gasteiger partial charge < -0.3 is 9.32 Å². The van der Waals surface area contributed by atoms with E-state index < -0.39 is 0 Å². The van der Waals surface area contributed by atoms with Crippen molar-refractivity contribution >= 4 is 82.1 Å². The summed E-state index contributed by atoms with van der Waals surface area (Å²) < 4.78 is 7.38. The molecule has 10 rings (SSSR count). The maximum Gasteiger partial charge on any atom is 0.135 e. The summed E-state index contributed by atoms with van der Waals surface area (Å²) >= 11 is 1.75. The highest BCUT2D eigenvalue weighted by atomic mass is 32.1. The minimum Gasteiger partial charge on any atom is -0.456 e. The predicted octanol–water partition coefficient (Wildman–Crippen LogP) is 13.3. The van der Waals surface area contributed by atoms with E-state index in [9.17, 15) is 0 Å². The third-order valence-electron chi connectivity index (χ3n) is 9.48. The highest BCUT2D eigenvalue weighted by Gasteiger charge is 2.21. The Morgan fingerprint density at radius 2 is 1.20 bits per heavy atom. The Morgan fingerprint density at radius 1 is 0.490 bits per heavy atom. The van der Waals surface area contributed by atoms with Gasteiger partial charge in [0.05, 0.1) is 21.6 Å². The van der Waals surface area contributed by atoms with E-state index in [0.29, 0.717) is 0 Å². The van der Waals surface area contributed by atoms with E-state index in [1.807, 2.05) is 12.1 Å². The molecule has 2 aromatic heterocycles. The predicted molar refractivity (Wildman–Crippen MR) is 207 cm³/mol. The molecule has 0 spiro atoms. The average molecular weight is 645 g/mol. The second kappa shape index (κ2) is 11.2. The van der Waals surface area contributed by atoms with Crippen molar-refractivity contribution in [1.82, 2.24) is 4.98 Å². The van der Waals surface area contributed by atoms with Crippen LogP contribution in [0.3, 0.4) is 0 Å². The molecule has 0 N–H and O–H groups in total. The fourth-order valence-electron chi connectivity index (χ4n) is 7.24. The van der Waals surface area contributed by atoms with E-state index in [4.69, 9.17) is 9.40 Å². The zero-order valence-electron chi connectivity index (χ0n) is 26.4. The second-order valence-corrected chi connectivity index (χ2v) is 13.4. The number of furan rings is 1. The molecule has 10 aromatic rings. The summed E-state index contributed by atoms with van der Waals surface area (Å²) in [7, 11) is 0. The number of thiazole rings is 1. The van der Waals surface area contributed by atoms with Gasteiger partial charge in [-0.2, -0.15) is 0 Å². The molecule has 0 aliphatic rings. The lowest BCUT2D eigenvalue weighted by atomic mass is 9.97. The van der Waals surface area contributed by atoms with Gasteiger partial charge >= 0.3 is 0 Å². The minimum absolute atomic E-state index is 0.895. The minimum atomic E-state index is 0.895. The van der Waals surface area contributed by atoms with Crippen molar-refractivity contribution < 1.29 is 4.42 Å². The van der Waals surface area contributed by atoms with E-state index in [0.717, 1.165) is 66.2 Å². The molecule has 0 bridgehead atoms. The largest absolute Gasteiger partial charge is 0.456 e. The first-order valence-corrected chi connectivity index (χ1v) is 17.3. The van der Waals surface area contributed by atoms with Crippen LogP contribution in [0.15, 0.2) is 174 Å². The Bertz CT molecular complexity index is 2840. The first-order valence-electron chi connectivity index (χ1n) is 16.5. The summed E-state index contributed by atoms with van der Waals surface area (Å²) in [6.07, 6.45) is 0. The first-order chi connectivity index (χ1) is 24.3. The lowest BCUT2D eigenvalue weighted by molar-refractivity contribution is 0.669. The monoisotopic (exact) mass is 644 g/mol. The van der Waals surface area contributed by atoms with Crippen LogP contribution in [-0.4, -0.2) is 4.98 Å². The van der Waals surface area contributed by atoms with Gasteiger partial charge in [0, 0.05) is 38.4 Å². The molecule has 3 nitrogen and oxygen atoms in total. The summed E-state index contributed by atoms with van der Waals surface area (Å²) in [6.45, 7) is 0. The van der Waals surface area contributed by atoms with Crippen LogP contribution in [0.4, 0.5) is 17.1 Å². The van der Waals surface area contributed by atoms with Crippen LogP contribution < -0.4 is 4.90 Å². The normalized spacial score (nSPS) is 11.7. The van der Waals surface area contributed by atoms with Crippen LogP contribution >= 0.6 is 11.3 Å². The van der Waals surface area contributed by atoms with E-state index >= 15 is 0 Å². The maximum absolute atomic E-state index is 6.19. The number of nitrogens with zero attached hydrogens (tertiary/aromatic N) is 2. The quantitative estimate of drug-likeness (QED) is 0.175. The molecule has 0 saturated heterocycles. The van der Waals surface area contributed by atoms with Crippen LogP contribution in [0.2, 0.25) is 0 Å². The van der Waals surface area contributed by atoms with Gasteiger partial charge in [0.1, 0.15) is 16.2 Å². The maximum atomic E-state index is 6.19. The standard InChI is InChI=1S/C45H28N2OS/c1-3-12-30(13-4-1)45-46-44-42(49-45)27-24-29-22-25-34-36(43(29)44)18-11-20-39(34)47(32-14-5-2-6-15-32)38-19-9-7-16-33(38)31-23-26-41-37(28-31)35-17-8-10-21-40(35)48-41/h1-28H. The van der Waals surface area contributed by atoms with Crippen molar-refractivity contribution in [3.8, 4) is 21.7 Å². The number of fused-ring (bicyclic) bond motifs is 8. The number of anilines is 3. The molecule has 0 fully saturated rings. The lowest BCUT2D eigenvalue weighted by Gasteiger charge is -2.29. The molecule has 2 heterocycles. The van der Waals surface area contributed by atoms with Crippen LogP contribution in [0.1, 0.15) is 0 Å². The van der Waals surface area contributed by atoms with Crippen molar-refractivity contribution in [3.05, 3.63) is 170 Å². The smallest absolute Gasteiger partial charge is 0.135 e. The number of benzene rings is 8. The van der Waals surface area contributed by atoms with E-state index in [1.165, 1.54) is 26.2 Å². The Hall–Kier alpha value is -6.23. The molecular weight excluding hydrogens is 617 g/mol. The summed E-state index contributed by atoms with van der Waals surface area (Å²) in [5.41, 5.74) is 9.59. The Morgan fingerprint density at radius 3 is 2.10 bits per heavy atom. The molecule has 0 aliphatic heterocycles. The highest BCUT2D eigenvalue weighted by Crippen LogP contribution is 2.46. The van der Waals surface area contributed by atoms with Crippen molar-refractivity contribution in [1.29, 1.82) is 0 Å². The molecule has 8 aromatic carbocycles. The van der Waals surface area contributed by atoms with Crippen molar-refractivity contribution in [2.24, 2.45) is 0 Å². The van der Waals surface area contributed by atoms with Gasteiger partial charge in [-0.15, -0.1) is 11.3 Å². The summed E-state index contributed by atoms with van der Waals surface area (Å²) in [6, 6.07) is 60.3. The zero-order chi connectivity index (χ0) is 32.3. The SMILES string of the molecule is c1ccc(-c2nc3c(ccc4ccc5c(N(c6ccccc6)c6ccccc6-c6ccc7oc8ccccc8c7c6)cccc5c43)s2)cc1. The third kappa shape index (κ3) is 4.53. The summed E-state index contributed by atoms with van der Waals surface area (Å²) in [5.74, 6) is 0. The molecule has 0 unspecified atom stereocenters. The van der Waals surface area contributed by atoms with Gasteiger partial charge in [-0.3, -0.25) is 0 Å². The van der Waals surface area contributed by atoms with Gasteiger partial charge in [-0.1, -0.05) is 121 Å². The van der Waals surface area contributed by atoms with Crippen LogP contribution in [0.5, 0.6) is 0 Å². The lowest BCUT2D eigenvalue weighted by Crippen LogP contribution is -2.11. The molecule has 4 heteroatoms. The molecule has 0 radical (unpaired) electrons. The van der Waals surface area contributed by atoms with Crippen LogP contribution in [0, 0.1) is 0 Å². The molecule has 0 aliphatic carbocycles. The number of aromatic nitrogens is 1. The van der Waals surface area contributed by atoms with Gasteiger partial charge in [0.25, 0.3) is 0 Å². The van der Waals surface area contributed by atoms with Gasteiger partial charge in [0.15, 0.2) is 0 Å². The van der Waals surface area contributed by atoms with E-state index in [-0.39, 0.29) is 0 Å². The third-order valence-corrected chi connectivity index (χ3v) is 10.6. The Labute approximate surface area is 286 Å². The first kappa shape index (κ1) is 27.8. The fraction of sp³-hybridized carbons (Fsp3) is 0. The number of para-hydroxylation sites is 3. The van der Waals surface area contributed by atoms with Crippen molar-refractivity contribution in [3.63, 3.8) is 0 Å². The van der Waals surface area contributed by atoms with E-state index in [1.54, 1.807) is 11.3 Å². The molecule has 0 amide bonds. The highest BCUT2D eigenvalue weighted by molar-refractivity contribution is 7.21. The molecule has 230 valence electrons. The van der Waals surface area contributed by atoms with Crippen LogP contribution in [0.25, 0.3) is 75.4 Å². The summed E-state index contributed by atoms with van der Waals surface area (Å²) in [4.78, 5) is 7.65. The Balaban J connectivity index is 1.21. The molecule has 0 atom stereocenters. The number of rotatable bonds is 5. The number of hydrogen-bond acceptors (Lipinski definition) is 4. The average Bonchev–Trinajstić information content (AvgIpc) is 3.78. The molecule has 49 heavy (non-hydrogen) atoms. The van der Waals surface area contributed by atoms with Gasteiger partial charge in [-0.05, 0) is 64.9 Å². The summed E-state index contributed by atoms with van der Waals surface area (Å²) in [5, 5.41) is 8.03. The molecular formula is C45H28N2OS. The topological polar surface area (TPSA) is 29.3 Å². The zero-order valence-corrected chi connectivity index (χ0v) is 27.2. The van der Waals surface area contributed by atoms with E-state index in [2.05, 4.69) is 163 Å². The number of hydrogen-bond donors (Lipinski definition) is 0. The Kier molecular flexibility index (Phi) is 6.36. The van der Waals surface area contributed by atoms with Gasteiger partial charge in [-0.25, -0.2) is 4.98 Å². The molecule has 0 saturated carbocycles. The van der Waals surface area contributed by atoms with Crippen LogP contribution in [-0.2, 0) is 0 Å². The fourth-order valence-corrected chi connectivity index (χ4v) is 8.22. The van der Waals surface area contributed by atoms with Crippen molar-refractivity contribution in [2.45, 2.75) is 0 Å². The second-order valence-electron chi connectivity index (χ2n) is 12.3. The van der Waals surface area contributed by atoms with Crippen molar-refractivity contribution in [2.75, 3.05) is 4.90 Å². The van der Waals surface area contributed by atoms with Gasteiger partial charge in [0.2, 0.25) is 0 Å².